The molecular weight excluding hydrogens is 262 g/mol. The average molecular weight is 279 g/mol. The predicted molar refractivity (Wildman–Crippen MR) is 72.3 cm³/mol. The lowest BCUT2D eigenvalue weighted by atomic mass is 9.93. The van der Waals surface area contributed by atoms with Gasteiger partial charge in [-0.3, -0.25) is 14.9 Å². The van der Waals surface area contributed by atoms with Crippen molar-refractivity contribution in [1.82, 2.24) is 5.32 Å². The lowest BCUT2D eigenvalue weighted by Gasteiger charge is -2.30. The number of nitro groups is 1. The standard InChI is InChI=1S/C13H17N3O4/c1-15-13(12(14)17,9-5-6-9)8-20-11-4-2-3-10(7-11)16(18)19/h2-4,7,9,15H,5-6,8H2,1H3,(H2,14,17). The summed E-state index contributed by atoms with van der Waals surface area (Å²) >= 11 is 0. The molecule has 0 radical (unpaired) electrons. The molecule has 0 heterocycles. The summed E-state index contributed by atoms with van der Waals surface area (Å²) in [5.41, 5.74) is 4.51. The fraction of sp³-hybridized carbons (Fsp3) is 0.462. The summed E-state index contributed by atoms with van der Waals surface area (Å²) in [6.45, 7) is 0.0602. The summed E-state index contributed by atoms with van der Waals surface area (Å²) in [5.74, 6) is 0.0392. The highest BCUT2D eigenvalue weighted by molar-refractivity contribution is 5.85. The van der Waals surface area contributed by atoms with Crippen molar-refractivity contribution in [3.05, 3.63) is 34.4 Å². The first kappa shape index (κ1) is 14.3. The van der Waals surface area contributed by atoms with Gasteiger partial charge in [-0.2, -0.15) is 0 Å². The minimum Gasteiger partial charge on any atom is -0.491 e. The minimum atomic E-state index is -0.912. The summed E-state index contributed by atoms with van der Waals surface area (Å²) < 4.78 is 5.55. The van der Waals surface area contributed by atoms with Crippen LogP contribution in [0.25, 0.3) is 0 Å². The number of rotatable bonds is 7. The second-order valence-corrected chi connectivity index (χ2v) is 4.90. The molecule has 0 saturated heterocycles. The zero-order valence-corrected chi connectivity index (χ0v) is 11.2. The van der Waals surface area contributed by atoms with Crippen molar-refractivity contribution in [2.45, 2.75) is 18.4 Å². The summed E-state index contributed by atoms with van der Waals surface area (Å²) in [7, 11) is 1.67. The summed E-state index contributed by atoms with van der Waals surface area (Å²) in [5, 5.41) is 13.7. The van der Waals surface area contributed by atoms with Crippen LogP contribution < -0.4 is 15.8 Å². The van der Waals surface area contributed by atoms with Crippen LogP contribution in [0.3, 0.4) is 0 Å². The maximum absolute atomic E-state index is 11.7. The number of amides is 1. The second kappa shape index (κ2) is 5.46. The smallest absolute Gasteiger partial charge is 0.273 e. The fourth-order valence-electron chi connectivity index (χ4n) is 2.25. The quantitative estimate of drug-likeness (QED) is 0.567. The molecule has 0 bridgehead atoms. The van der Waals surface area contributed by atoms with Crippen molar-refractivity contribution >= 4 is 11.6 Å². The Morgan fingerprint density at radius 2 is 2.30 bits per heavy atom. The van der Waals surface area contributed by atoms with Crippen LogP contribution in [0.2, 0.25) is 0 Å². The lowest BCUT2D eigenvalue weighted by Crippen LogP contribution is -2.59. The highest BCUT2D eigenvalue weighted by Gasteiger charge is 2.49. The number of ether oxygens (including phenoxy) is 1. The number of benzene rings is 1. The fourth-order valence-corrected chi connectivity index (χ4v) is 2.25. The van der Waals surface area contributed by atoms with Gasteiger partial charge in [-0.15, -0.1) is 0 Å². The molecule has 20 heavy (non-hydrogen) atoms. The molecule has 1 unspecified atom stereocenters. The van der Waals surface area contributed by atoms with Gasteiger partial charge in [-0.1, -0.05) is 6.07 Å². The third-order valence-electron chi connectivity index (χ3n) is 3.66. The van der Waals surface area contributed by atoms with E-state index in [0.717, 1.165) is 12.8 Å². The van der Waals surface area contributed by atoms with Gasteiger partial charge >= 0.3 is 0 Å². The Labute approximate surface area is 116 Å². The monoisotopic (exact) mass is 279 g/mol. The molecule has 0 aliphatic heterocycles. The third kappa shape index (κ3) is 2.72. The molecule has 1 aromatic carbocycles. The number of primary amides is 1. The Kier molecular flexibility index (Phi) is 3.89. The van der Waals surface area contributed by atoms with E-state index < -0.39 is 16.4 Å². The van der Waals surface area contributed by atoms with Crippen LogP contribution in [-0.4, -0.2) is 30.0 Å². The van der Waals surface area contributed by atoms with Crippen molar-refractivity contribution < 1.29 is 14.5 Å². The molecule has 7 nitrogen and oxygen atoms in total. The molecule has 1 aromatic rings. The van der Waals surface area contributed by atoms with Gasteiger partial charge in [0.15, 0.2) is 0 Å². The van der Waals surface area contributed by atoms with Crippen LogP contribution in [0.5, 0.6) is 5.75 Å². The molecule has 0 aromatic heterocycles. The highest BCUT2D eigenvalue weighted by Crippen LogP contribution is 2.40. The first-order valence-electron chi connectivity index (χ1n) is 6.35. The maximum atomic E-state index is 11.7. The molecule has 108 valence electrons. The number of nitrogens with zero attached hydrogens (tertiary/aromatic N) is 1. The van der Waals surface area contributed by atoms with E-state index in [1.165, 1.54) is 18.2 Å². The molecular formula is C13H17N3O4. The zero-order valence-electron chi connectivity index (χ0n) is 11.2. The van der Waals surface area contributed by atoms with Gasteiger partial charge in [0, 0.05) is 6.07 Å². The minimum absolute atomic E-state index is 0.0527. The van der Waals surface area contributed by atoms with Gasteiger partial charge in [-0.25, -0.2) is 0 Å². The molecule has 1 fully saturated rings. The second-order valence-electron chi connectivity index (χ2n) is 4.90. The number of nitro benzene ring substituents is 1. The Morgan fingerprint density at radius 3 is 2.80 bits per heavy atom. The number of nitrogens with one attached hydrogen (secondary N) is 1. The van der Waals surface area contributed by atoms with E-state index in [9.17, 15) is 14.9 Å². The lowest BCUT2D eigenvalue weighted by molar-refractivity contribution is -0.384. The summed E-state index contributed by atoms with van der Waals surface area (Å²) in [6.07, 6.45) is 1.84. The highest BCUT2D eigenvalue weighted by atomic mass is 16.6. The first-order chi connectivity index (χ1) is 9.49. The molecule has 1 amide bonds. The van der Waals surface area contributed by atoms with E-state index in [4.69, 9.17) is 10.5 Å². The Bertz CT molecular complexity index is 530. The molecule has 2 rings (SSSR count). The summed E-state index contributed by atoms with van der Waals surface area (Å²) in [6, 6.07) is 5.86. The van der Waals surface area contributed by atoms with Gasteiger partial charge in [0.1, 0.15) is 17.9 Å². The van der Waals surface area contributed by atoms with Crippen molar-refractivity contribution in [2.24, 2.45) is 11.7 Å². The van der Waals surface area contributed by atoms with Crippen LogP contribution in [-0.2, 0) is 4.79 Å². The normalized spacial score (nSPS) is 17.2. The number of carbonyl (C=O) groups excluding carboxylic acids is 1. The van der Waals surface area contributed by atoms with Gasteiger partial charge < -0.3 is 15.8 Å². The Morgan fingerprint density at radius 1 is 1.60 bits per heavy atom. The number of hydrogen-bond acceptors (Lipinski definition) is 5. The van der Waals surface area contributed by atoms with Gasteiger partial charge in [0.05, 0.1) is 11.0 Å². The molecule has 7 heteroatoms. The zero-order chi connectivity index (χ0) is 14.8. The van der Waals surface area contributed by atoms with Gasteiger partial charge in [-0.05, 0) is 31.9 Å². The molecule has 1 aliphatic rings. The number of carbonyl (C=O) groups is 1. The molecule has 1 saturated carbocycles. The van der Waals surface area contributed by atoms with Crippen molar-refractivity contribution in [3.63, 3.8) is 0 Å². The number of non-ortho nitro benzene ring substituents is 1. The van der Waals surface area contributed by atoms with Crippen LogP contribution in [0.4, 0.5) is 5.69 Å². The molecule has 0 spiro atoms. The van der Waals surface area contributed by atoms with E-state index >= 15 is 0 Å². The van der Waals surface area contributed by atoms with E-state index in [1.54, 1.807) is 13.1 Å². The van der Waals surface area contributed by atoms with E-state index in [2.05, 4.69) is 5.32 Å². The third-order valence-corrected chi connectivity index (χ3v) is 3.66. The van der Waals surface area contributed by atoms with Crippen LogP contribution in [0.1, 0.15) is 12.8 Å². The molecule has 3 N–H and O–H groups in total. The van der Waals surface area contributed by atoms with Crippen molar-refractivity contribution in [1.29, 1.82) is 0 Å². The topological polar surface area (TPSA) is 107 Å². The number of hydrogen-bond donors (Lipinski definition) is 2. The number of nitrogens with two attached hydrogens (primary N) is 1. The predicted octanol–water partition coefficient (Wildman–Crippen LogP) is 0.827. The Balaban J connectivity index is 2.11. The van der Waals surface area contributed by atoms with Crippen molar-refractivity contribution in [2.75, 3.05) is 13.7 Å². The van der Waals surface area contributed by atoms with Crippen LogP contribution >= 0.6 is 0 Å². The largest absolute Gasteiger partial charge is 0.491 e. The van der Waals surface area contributed by atoms with Crippen LogP contribution in [0.15, 0.2) is 24.3 Å². The Hall–Kier alpha value is -2.15. The molecule has 1 atom stereocenters. The first-order valence-corrected chi connectivity index (χ1v) is 6.35. The van der Waals surface area contributed by atoms with Gasteiger partial charge in [0.25, 0.3) is 5.69 Å². The number of likely N-dealkylation sites (N-methyl/N-ethyl adjacent to an activating group) is 1. The van der Waals surface area contributed by atoms with Crippen LogP contribution in [0, 0.1) is 16.0 Å². The van der Waals surface area contributed by atoms with E-state index in [1.807, 2.05) is 0 Å². The van der Waals surface area contributed by atoms with E-state index in [0.29, 0.717) is 5.75 Å². The SMILES string of the molecule is CNC(COc1cccc([N+](=O)[O-])c1)(C(N)=O)C1CC1. The average Bonchev–Trinajstić information content (AvgIpc) is 3.25. The molecule has 1 aliphatic carbocycles. The van der Waals surface area contributed by atoms with Gasteiger partial charge in [0.2, 0.25) is 5.91 Å². The maximum Gasteiger partial charge on any atom is 0.273 e. The summed E-state index contributed by atoms with van der Waals surface area (Å²) in [4.78, 5) is 21.9. The van der Waals surface area contributed by atoms with E-state index in [-0.39, 0.29) is 18.2 Å². The van der Waals surface area contributed by atoms with Crippen molar-refractivity contribution in [3.8, 4) is 5.75 Å².